The zero-order valence-corrected chi connectivity index (χ0v) is 13.7. The molecule has 0 bridgehead atoms. The third kappa shape index (κ3) is 1.96. The molecule has 0 aromatic carbocycles. The summed E-state index contributed by atoms with van der Waals surface area (Å²) in [5.41, 5.74) is 1.02. The van der Waals surface area contributed by atoms with Gasteiger partial charge in [-0.1, -0.05) is 11.6 Å². The van der Waals surface area contributed by atoms with Gasteiger partial charge in [-0.05, 0) is 38.5 Å². The topological polar surface area (TPSA) is 85.3 Å². The van der Waals surface area contributed by atoms with Crippen molar-refractivity contribution in [1.82, 2.24) is 20.3 Å². The van der Waals surface area contributed by atoms with E-state index in [2.05, 4.69) is 15.4 Å². The molecule has 2 aliphatic carbocycles. The molecule has 24 heavy (non-hydrogen) atoms. The van der Waals surface area contributed by atoms with Crippen LogP contribution in [-0.4, -0.2) is 39.3 Å². The highest BCUT2D eigenvalue weighted by Crippen LogP contribution is 2.51. The molecule has 2 aromatic heterocycles. The number of rotatable bonds is 3. The van der Waals surface area contributed by atoms with E-state index < -0.39 is 0 Å². The van der Waals surface area contributed by atoms with Gasteiger partial charge in [-0.25, -0.2) is 0 Å². The minimum atomic E-state index is -0.166. The molecule has 1 saturated heterocycles. The van der Waals surface area contributed by atoms with Crippen molar-refractivity contribution in [2.75, 3.05) is 13.1 Å². The molecule has 0 radical (unpaired) electrons. The van der Waals surface area contributed by atoms with Crippen molar-refractivity contribution in [3.8, 4) is 0 Å². The van der Waals surface area contributed by atoms with Crippen molar-refractivity contribution in [1.29, 1.82) is 0 Å². The highest BCUT2D eigenvalue weighted by Gasteiger charge is 2.55. The highest BCUT2D eigenvalue weighted by atomic mass is 16.5. The van der Waals surface area contributed by atoms with E-state index in [1.54, 1.807) is 6.92 Å². The standard InChI is InChI=1S/C17H20N4O3/c1-10-13(8-23-20-10)15(22)21-7-12-3-2-6-17(12,9-21)16-19-18-14(24-16)11-4-5-11/h8,11-12H,2-7,9H2,1H3/t12-,17-/m0/s1. The van der Waals surface area contributed by atoms with Gasteiger partial charge >= 0.3 is 0 Å². The lowest BCUT2D eigenvalue weighted by atomic mass is 9.80. The molecule has 1 amide bonds. The molecule has 2 saturated carbocycles. The van der Waals surface area contributed by atoms with Gasteiger partial charge < -0.3 is 13.8 Å². The Morgan fingerprint density at radius 1 is 1.33 bits per heavy atom. The number of aryl methyl sites for hydroxylation is 1. The molecular weight excluding hydrogens is 308 g/mol. The number of likely N-dealkylation sites (tertiary alicyclic amines) is 1. The molecule has 2 aromatic rings. The van der Waals surface area contributed by atoms with Crippen LogP contribution < -0.4 is 0 Å². The van der Waals surface area contributed by atoms with Crippen LogP contribution >= 0.6 is 0 Å². The number of carbonyl (C=O) groups excluding carboxylic acids is 1. The summed E-state index contributed by atoms with van der Waals surface area (Å²) in [5.74, 6) is 2.37. The maximum absolute atomic E-state index is 12.8. The van der Waals surface area contributed by atoms with Crippen molar-refractivity contribution in [2.45, 2.75) is 50.4 Å². The average Bonchev–Trinajstić information content (AvgIpc) is 2.97. The van der Waals surface area contributed by atoms with E-state index in [4.69, 9.17) is 8.94 Å². The van der Waals surface area contributed by atoms with E-state index >= 15 is 0 Å². The second kappa shape index (κ2) is 4.91. The summed E-state index contributed by atoms with van der Waals surface area (Å²) in [7, 11) is 0. The number of carbonyl (C=O) groups is 1. The first-order valence-electron chi connectivity index (χ1n) is 8.71. The first-order valence-corrected chi connectivity index (χ1v) is 8.71. The second-order valence-electron chi connectivity index (χ2n) is 7.46. The SMILES string of the molecule is Cc1nocc1C(=O)N1C[C@@H]2CCC[C@]2(c2nnc(C3CC3)o2)C1. The fourth-order valence-corrected chi connectivity index (χ4v) is 4.39. The first-order chi connectivity index (χ1) is 11.7. The molecule has 5 rings (SSSR count). The van der Waals surface area contributed by atoms with Crippen molar-refractivity contribution in [3.05, 3.63) is 29.3 Å². The van der Waals surface area contributed by atoms with E-state index in [9.17, 15) is 4.79 Å². The summed E-state index contributed by atoms with van der Waals surface area (Å²) in [6, 6.07) is 0. The largest absolute Gasteiger partial charge is 0.424 e. The van der Waals surface area contributed by atoms with Crippen LogP contribution in [-0.2, 0) is 5.41 Å². The molecule has 0 spiro atoms. The summed E-state index contributed by atoms with van der Waals surface area (Å²) >= 11 is 0. The summed E-state index contributed by atoms with van der Waals surface area (Å²) in [6.45, 7) is 3.18. The zero-order valence-electron chi connectivity index (χ0n) is 13.7. The minimum absolute atomic E-state index is 0.00976. The van der Waals surface area contributed by atoms with E-state index in [-0.39, 0.29) is 11.3 Å². The van der Waals surface area contributed by atoms with Crippen LogP contribution in [0.3, 0.4) is 0 Å². The predicted octanol–water partition coefficient (Wildman–Crippen LogP) is 2.44. The van der Waals surface area contributed by atoms with Crippen molar-refractivity contribution >= 4 is 5.91 Å². The lowest BCUT2D eigenvalue weighted by Gasteiger charge is -2.24. The third-order valence-corrected chi connectivity index (χ3v) is 5.93. The zero-order chi connectivity index (χ0) is 16.3. The third-order valence-electron chi connectivity index (χ3n) is 5.93. The molecule has 2 atom stereocenters. The molecule has 3 fully saturated rings. The van der Waals surface area contributed by atoms with E-state index in [0.717, 1.165) is 50.4 Å². The minimum Gasteiger partial charge on any atom is -0.424 e. The number of fused-ring (bicyclic) bond motifs is 1. The highest BCUT2D eigenvalue weighted by molar-refractivity contribution is 5.95. The molecule has 7 nitrogen and oxygen atoms in total. The Hall–Kier alpha value is -2.18. The maximum Gasteiger partial charge on any atom is 0.259 e. The fourth-order valence-electron chi connectivity index (χ4n) is 4.39. The number of hydrogen-bond acceptors (Lipinski definition) is 6. The van der Waals surface area contributed by atoms with Gasteiger partial charge in [0.15, 0.2) is 0 Å². The lowest BCUT2D eigenvalue weighted by Crippen LogP contribution is -2.35. The smallest absolute Gasteiger partial charge is 0.259 e. The molecule has 3 heterocycles. The molecule has 126 valence electrons. The van der Waals surface area contributed by atoms with Crippen LogP contribution in [0.1, 0.15) is 65.9 Å². The number of hydrogen-bond donors (Lipinski definition) is 0. The van der Waals surface area contributed by atoms with Gasteiger partial charge in [0.1, 0.15) is 11.8 Å². The molecule has 0 N–H and O–H groups in total. The van der Waals surface area contributed by atoms with E-state index in [1.165, 1.54) is 6.26 Å². The molecule has 1 aliphatic heterocycles. The molecule has 3 aliphatic rings. The van der Waals surface area contributed by atoms with Crippen LogP contribution in [0.5, 0.6) is 0 Å². The van der Waals surface area contributed by atoms with E-state index in [0.29, 0.717) is 29.6 Å². The van der Waals surface area contributed by atoms with Gasteiger partial charge in [0.05, 0.1) is 11.1 Å². The van der Waals surface area contributed by atoms with Crippen molar-refractivity contribution in [2.24, 2.45) is 5.92 Å². The lowest BCUT2D eigenvalue weighted by molar-refractivity contribution is 0.0774. The van der Waals surface area contributed by atoms with E-state index in [1.807, 2.05) is 4.90 Å². The van der Waals surface area contributed by atoms with Gasteiger partial charge in [-0.3, -0.25) is 4.79 Å². The summed E-state index contributed by atoms with van der Waals surface area (Å²) in [5, 5.41) is 12.5. The summed E-state index contributed by atoms with van der Waals surface area (Å²) in [4.78, 5) is 14.7. The van der Waals surface area contributed by atoms with Crippen LogP contribution in [0.4, 0.5) is 0 Å². The number of amides is 1. The Kier molecular flexibility index (Phi) is 2.90. The number of nitrogens with zero attached hydrogens (tertiary/aromatic N) is 4. The van der Waals surface area contributed by atoms with Crippen LogP contribution in [0.25, 0.3) is 0 Å². The Morgan fingerprint density at radius 3 is 2.96 bits per heavy atom. The normalized spacial score (nSPS) is 29.2. The van der Waals surface area contributed by atoms with Crippen LogP contribution in [0, 0.1) is 12.8 Å². The second-order valence-corrected chi connectivity index (χ2v) is 7.46. The Bertz CT molecular complexity index is 793. The molecule has 7 heteroatoms. The molecular formula is C17H20N4O3. The number of aromatic nitrogens is 3. The quantitative estimate of drug-likeness (QED) is 0.860. The summed E-state index contributed by atoms with van der Waals surface area (Å²) in [6.07, 6.45) is 7.01. The van der Waals surface area contributed by atoms with Crippen molar-refractivity contribution in [3.63, 3.8) is 0 Å². The van der Waals surface area contributed by atoms with Gasteiger partial charge in [0.25, 0.3) is 5.91 Å². The maximum atomic E-state index is 12.8. The van der Waals surface area contributed by atoms with Crippen LogP contribution in [0.15, 0.2) is 15.2 Å². The van der Waals surface area contributed by atoms with Gasteiger partial charge in [0.2, 0.25) is 11.8 Å². The Labute approximate surface area is 139 Å². The van der Waals surface area contributed by atoms with Gasteiger partial charge in [0, 0.05) is 19.0 Å². The Morgan fingerprint density at radius 2 is 2.21 bits per heavy atom. The molecule has 0 unspecified atom stereocenters. The first kappa shape index (κ1) is 14.2. The van der Waals surface area contributed by atoms with Crippen LogP contribution in [0.2, 0.25) is 0 Å². The van der Waals surface area contributed by atoms with Gasteiger partial charge in [-0.2, -0.15) is 0 Å². The van der Waals surface area contributed by atoms with Crippen molar-refractivity contribution < 1.29 is 13.7 Å². The average molecular weight is 328 g/mol. The fraction of sp³-hybridized carbons (Fsp3) is 0.647. The summed E-state index contributed by atoms with van der Waals surface area (Å²) < 4.78 is 11.0. The predicted molar refractivity (Wildman–Crippen MR) is 82.4 cm³/mol. The van der Waals surface area contributed by atoms with Gasteiger partial charge in [-0.15, -0.1) is 10.2 Å². The monoisotopic (exact) mass is 328 g/mol. The Balaban J connectivity index is 1.45.